The van der Waals surface area contributed by atoms with E-state index in [1.54, 1.807) is 0 Å². The van der Waals surface area contributed by atoms with Gasteiger partial charge in [0.15, 0.2) is 12.2 Å². The van der Waals surface area contributed by atoms with E-state index in [0.29, 0.717) is 25.7 Å². The molecule has 0 saturated heterocycles. The molecule has 0 aromatic carbocycles. The van der Waals surface area contributed by atoms with Gasteiger partial charge in [0.05, 0.1) is 26.4 Å². The Labute approximate surface area is 626 Å². The molecule has 0 aromatic heterocycles. The van der Waals surface area contributed by atoms with Gasteiger partial charge in [-0.25, -0.2) is 9.13 Å². The van der Waals surface area contributed by atoms with E-state index in [9.17, 15) is 43.2 Å². The molecule has 606 valence electrons. The number of ether oxygens (including phenoxy) is 4. The van der Waals surface area contributed by atoms with Gasteiger partial charge in [-0.15, -0.1) is 0 Å². The Bertz CT molecular complexity index is 1980. The molecule has 0 aliphatic heterocycles. The second-order valence-electron chi connectivity index (χ2n) is 31.1. The van der Waals surface area contributed by atoms with Crippen LogP contribution in [0.4, 0.5) is 0 Å². The lowest BCUT2D eigenvalue weighted by Crippen LogP contribution is -2.30. The minimum Gasteiger partial charge on any atom is -0.462 e. The summed E-state index contributed by atoms with van der Waals surface area (Å²) < 4.78 is 68.8. The van der Waals surface area contributed by atoms with Crippen LogP contribution in [0.2, 0.25) is 0 Å². The van der Waals surface area contributed by atoms with Gasteiger partial charge in [-0.05, 0) is 43.4 Å². The van der Waals surface area contributed by atoms with Gasteiger partial charge in [0, 0.05) is 25.7 Å². The highest BCUT2D eigenvalue weighted by molar-refractivity contribution is 7.47. The summed E-state index contributed by atoms with van der Waals surface area (Å²) in [7, 11) is -9.93. The molecule has 0 aliphatic carbocycles. The van der Waals surface area contributed by atoms with Gasteiger partial charge in [0.1, 0.15) is 19.3 Å². The van der Waals surface area contributed by atoms with Crippen molar-refractivity contribution in [1.29, 1.82) is 0 Å². The van der Waals surface area contributed by atoms with Crippen molar-refractivity contribution in [3.8, 4) is 0 Å². The number of carbonyl (C=O) groups excluding carboxylic acids is 4. The van der Waals surface area contributed by atoms with Crippen LogP contribution in [-0.4, -0.2) is 96.7 Å². The van der Waals surface area contributed by atoms with Crippen molar-refractivity contribution in [1.82, 2.24) is 0 Å². The van der Waals surface area contributed by atoms with Crippen LogP contribution >= 0.6 is 15.6 Å². The number of esters is 4. The predicted molar refractivity (Wildman–Crippen MR) is 418 cm³/mol. The first kappa shape index (κ1) is 100. The first-order valence-electron chi connectivity index (χ1n) is 42.9. The summed E-state index contributed by atoms with van der Waals surface area (Å²) in [4.78, 5) is 73.2. The molecule has 17 nitrogen and oxygen atoms in total. The van der Waals surface area contributed by atoms with Crippen LogP contribution < -0.4 is 0 Å². The van der Waals surface area contributed by atoms with Crippen LogP contribution in [0.15, 0.2) is 0 Å². The largest absolute Gasteiger partial charge is 0.472 e. The maximum atomic E-state index is 13.1. The Kier molecular flexibility index (Phi) is 71.8. The second-order valence-corrected chi connectivity index (χ2v) is 34.0. The van der Waals surface area contributed by atoms with Gasteiger partial charge in [0.25, 0.3) is 0 Å². The summed E-state index contributed by atoms with van der Waals surface area (Å²) in [6, 6.07) is 0. The molecule has 0 fully saturated rings. The average molecular weight is 1490 g/mol. The van der Waals surface area contributed by atoms with E-state index >= 15 is 0 Å². The Morgan fingerprint density at radius 1 is 0.284 bits per heavy atom. The summed E-state index contributed by atoms with van der Waals surface area (Å²) in [6.45, 7) is 12.0. The fourth-order valence-electron chi connectivity index (χ4n) is 12.8. The molecule has 0 aromatic rings. The van der Waals surface area contributed by atoms with Gasteiger partial charge < -0.3 is 33.8 Å². The molecule has 0 heterocycles. The lowest BCUT2D eigenvalue weighted by molar-refractivity contribution is -0.161. The smallest absolute Gasteiger partial charge is 0.462 e. The minimum atomic E-state index is -4.96. The van der Waals surface area contributed by atoms with Crippen LogP contribution in [0.25, 0.3) is 0 Å². The van der Waals surface area contributed by atoms with Crippen molar-refractivity contribution in [2.45, 2.75) is 452 Å². The molecule has 0 aliphatic rings. The molecule has 3 unspecified atom stereocenters. The molecular weight excluding hydrogens is 1330 g/mol. The molecule has 0 bridgehead atoms. The molecule has 0 radical (unpaired) electrons. The number of carbonyl (C=O) groups is 4. The zero-order valence-corrected chi connectivity index (χ0v) is 68.9. The number of rotatable bonds is 81. The topological polar surface area (TPSA) is 237 Å². The Balaban J connectivity index is 5.27. The third-order valence-corrected chi connectivity index (χ3v) is 21.6. The Morgan fingerprint density at radius 3 is 0.745 bits per heavy atom. The Hall–Kier alpha value is -1.94. The van der Waals surface area contributed by atoms with E-state index in [2.05, 4.69) is 48.5 Å². The molecule has 0 amide bonds. The van der Waals surface area contributed by atoms with Crippen LogP contribution in [0.3, 0.4) is 0 Å². The van der Waals surface area contributed by atoms with E-state index in [4.69, 9.17) is 37.0 Å². The number of hydrogen-bond donors (Lipinski definition) is 3. The van der Waals surface area contributed by atoms with Crippen molar-refractivity contribution in [2.75, 3.05) is 39.6 Å². The minimum absolute atomic E-state index is 0.108. The highest BCUT2D eigenvalue weighted by atomic mass is 31.2. The quantitative estimate of drug-likeness (QED) is 0.0222. The molecule has 0 rings (SSSR count). The number of unbranched alkanes of at least 4 members (excludes halogenated alkanes) is 48. The maximum Gasteiger partial charge on any atom is 0.472 e. The van der Waals surface area contributed by atoms with Crippen LogP contribution in [0.5, 0.6) is 0 Å². The average Bonchev–Trinajstić information content (AvgIpc) is 0.917. The summed E-state index contributed by atoms with van der Waals surface area (Å²) in [5.74, 6) is 0.265. The number of phosphoric ester groups is 2. The highest BCUT2D eigenvalue weighted by Gasteiger charge is 2.30. The zero-order chi connectivity index (χ0) is 75.1. The van der Waals surface area contributed by atoms with Crippen molar-refractivity contribution < 1.29 is 80.2 Å². The van der Waals surface area contributed by atoms with Crippen LogP contribution in [-0.2, 0) is 65.4 Å². The number of aliphatic hydroxyl groups excluding tert-OH is 1. The Morgan fingerprint density at radius 2 is 0.500 bits per heavy atom. The normalized spacial score (nSPS) is 14.2. The predicted octanol–water partition coefficient (Wildman–Crippen LogP) is 24.9. The first-order chi connectivity index (χ1) is 49.3. The summed E-state index contributed by atoms with van der Waals surface area (Å²) in [6.07, 6.45) is 62.3. The molecule has 0 spiro atoms. The van der Waals surface area contributed by atoms with Crippen molar-refractivity contribution in [3.63, 3.8) is 0 Å². The monoisotopic (exact) mass is 1490 g/mol. The van der Waals surface area contributed by atoms with Crippen molar-refractivity contribution in [3.05, 3.63) is 0 Å². The molecule has 3 N–H and O–H groups in total. The fourth-order valence-corrected chi connectivity index (χ4v) is 14.4. The molecule has 6 atom stereocenters. The molecule has 0 saturated carbocycles. The third kappa shape index (κ3) is 74.9. The van der Waals surface area contributed by atoms with Gasteiger partial charge >= 0.3 is 39.5 Å². The van der Waals surface area contributed by atoms with E-state index in [1.807, 2.05) is 0 Å². The van der Waals surface area contributed by atoms with Gasteiger partial charge in [-0.2, -0.15) is 0 Å². The van der Waals surface area contributed by atoms with Crippen molar-refractivity contribution in [2.24, 2.45) is 17.8 Å². The fraction of sp³-hybridized carbons (Fsp3) is 0.952. The molecule has 102 heavy (non-hydrogen) atoms. The van der Waals surface area contributed by atoms with Gasteiger partial charge in [-0.3, -0.25) is 37.3 Å². The van der Waals surface area contributed by atoms with Crippen molar-refractivity contribution >= 4 is 39.5 Å². The maximum absolute atomic E-state index is 13.1. The molecule has 19 heteroatoms. The standard InChI is InChI=1S/C83H162O17P2/c1-8-10-11-12-13-14-15-16-17-20-25-31-36-45-52-59-66-83(88)100-79(71-94-81(86)65-58-51-44-39-38-42-49-56-63-76(7)9-2)73-98-102(91,92)96-69-77(84)68-95-101(89,90)97-72-78(70-93-80(85)64-57-50-43-35-30-27-22-24-29-34-41-48-55-62-75(5)6)99-82(87)67-60-53-46-37-32-26-21-18-19-23-28-33-40-47-54-61-74(3)4/h74-79,84H,8-73H2,1-7H3,(H,89,90)(H,91,92)/t76?,77-,78-,79-/m1/s1. The number of hydrogen-bond acceptors (Lipinski definition) is 15. The second kappa shape index (κ2) is 73.2. The summed E-state index contributed by atoms with van der Waals surface area (Å²) in [5, 5.41) is 10.7. The third-order valence-electron chi connectivity index (χ3n) is 19.7. The van der Waals surface area contributed by atoms with Gasteiger partial charge in [0.2, 0.25) is 0 Å². The van der Waals surface area contributed by atoms with Gasteiger partial charge in [-0.1, -0.05) is 382 Å². The number of aliphatic hydroxyl groups is 1. The van der Waals surface area contributed by atoms with E-state index in [0.717, 1.165) is 108 Å². The summed E-state index contributed by atoms with van der Waals surface area (Å²) in [5.41, 5.74) is 0. The number of phosphoric acid groups is 2. The van der Waals surface area contributed by atoms with Crippen LogP contribution in [0.1, 0.15) is 434 Å². The van der Waals surface area contributed by atoms with E-state index in [1.165, 1.54) is 244 Å². The SMILES string of the molecule is CCCCCCCCCCCCCCCCCCC(=O)O[C@H](COC(=O)CCCCCCCCCCC(C)CC)COP(=O)(O)OC[C@H](O)COP(=O)(O)OC[C@@H](COC(=O)CCCCCCCCCCCCCCCC(C)C)OC(=O)CCCCCCCCCCCCCCCCCC(C)C. The highest BCUT2D eigenvalue weighted by Crippen LogP contribution is 2.45. The van der Waals surface area contributed by atoms with Crippen LogP contribution in [0, 0.1) is 17.8 Å². The zero-order valence-electron chi connectivity index (χ0n) is 67.1. The summed E-state index contributed by atoms with van der Waals surface area (Å²) >= 11 is 0. The lowest BCUT2D eigenvalue weighted by atomic mass is 9.99. The van der Waals surface area contributed by atoms with E-state index < -0.39 is 97.5 Å². The first-order valence-corrected chi connectivity index (χ1v) is 45.9. The molecular formula is C83H162O17P2. The van der Waals surface area contributed by atoms with E-state index in [-0.39, 0.29) is 25.7 Å². The lowest BCUT2D eigenvalue weighted by Gasteiger charge is -2.21.